The summed E-state index contributed by atoms with van der Waals surface area (Å²) >= 11 is 0. The Kier molecular flexibility index (Phi) is 18.3. The molecule has 2 heteroatoms. The first kappa shape index (κ1) is 17.0. The van der Waals surface area contributed by atoms with Gasteiger partial charge in [0.2, 0.25) is 0 Å². The van der Waals surface area contributed by atoms with E-state index in [1.54, 1.807) is 0 Å². The molecule has 0 atom stereocenters. The first-order chi connectivity index (χ1) is 7.43. The number of nitrogens with one attached hydrogen (secondary N) is 1. The Morgan fingerprint density at radius 3 is 2.13 bits per heavy atom. The van der Waals surface area contributed by atoms with E-state index in [0.29, 0.717) is 0 Å². The average molecular weight is 215 g/mol. The van der Waals surface area contributed by atoms with Crippen LogP contribution in [0.4, 0.5) is 0 Å². The lowest BCUT2D eigenvalue weighted by Crippen LogP contribution is -2.31. The fourth-order valence-corrected chi connectivity index (χ4v) is 1.79. The molecule has 0 amide bonds. The largest absolute Gasteiger partial charge is 0.314 e. The standard InChI is InChI=1S/C10H21N.C2H6.CH2O/c1-2-3-9-11-10-7-5-4-6-8-10;2*1-2/h10-11H,2-9H2,1H3;1-2H3;1H2. The molecule has 2 nitrogen and oxygen atoms in total. The summed E-state index contributed by atoms with van der Waals surface area (Å²) in [7, 11) is 0. The lowest BCUT2D eigenvalue weighted by molar-refractivity contribution is -0.0979. The number of unbranched alkanes of at least 4 members (excludes halogenated alkanes) is 1. The maximum absolute atomic E-state index is 8.00. The highest BCUT2D eigenvalue weighted by Gasteiger charge is 2.11. The minimum Gasteiger partial charge on any atom is -0.314 e. The molecule has 0 radical (unpaired) electrons. The van der Waals surface area contributed by atoms with Gasteiger partial charge in [0.05, 0.1) is 0 Å². The Morgan fingerprint density at radius 1 is 1.13 bits per heavy atom. The number of carbonyl (C=O) groups is 1. The minimum absolute atomic E-state index is 0.857. The molecule has 0 saturated heterocycles. The Labute approximate surface area is 95.8 Å². The molecule has 0 aliphatic heterocycles. The maximum atomic E-state index is 8.00. The van der Waals surface area contributed by atoms with Crippen molar-refractivity contribution in [3.8, 4) is 0 Å². The molecular formula is C13H29NO. The predicted octanol–water partition coefficient (Wildman–Crippen LogP) is 3.55. The molecule has 1 rings (SSSR count). The van der Waals surface area contributed by atoms with Crippen LogP contribution in [0.2, 0.25) is 0 Å². The first-order valence-corrected chi connectivity index (χ1v) is 6.45. The van der Waals surface area contributed by atoms with E-state index < -0.39 is 0 Å². The number of hydrogen-bond acceptors (Lipinski definition) is 2. The zero-order valence-corrected chi connectivity index (χ0v) is 10.8. The van der Waals surface area contributed by atoms with E-state index in [1.165, 1.54) is 51.5 Å². The number of carbonyl (C=O) groups excluding carboxylic acids is 1. The molecule has 92 valence electrons. The van der Waals surface area contributed by atoms with Gasteiger partial charge in [0, 0.05) is 6.04 Å². The zero-order valence-electron chi connectivity index (χ0n) is 10.8. The summed E-state index contributed by atoms with van der Waals surface area (Å²) in [4.78, 5) is 8.00. The van der Waals surface area contributed by atoms with Crippen LogP contribution >= 0.6 is 0 Å². The average Bonchev–Trinajstić information content (AvgIpc) is 2.36. The third-order valence-corrected chi connectivity index (χ3v) is 2.57. The van der Waals surface area contributed by atoms with Crippen molar-refractivity contribution in [2.75, 3.05) is 6.54 Å². The van der Waals surface area contributed by atoms with E-state index in [-0.39, 0.29) is 0 Å². The fraction of sp³-hybridized carbons (Fsp3) is 0.923. The second kappa shape index (κ2) is 16.1. The van der Waals surface area contributed by atoms with Crippen molar-refractivity contribution in [3.63, 3.8) is 0 Å². The minimum atomic E-state index is 0.857. The third-order valence-electron chi connectivity index (χ3n) is 2.57. The van der Waals surface area contributed by atoms with Gasteiger partial charge in [-0.1, -0.05) is 46.5 Å². The summed E-state index contributed by atoms with van der Waals surface area (Å²) in [6.45, 7) is 9.49. The molecule has 0 aromatic heterocycles. The second-order valence-electron chi connectivity index (χ2n) is 3.64. The molecule has 0 aromatic carbocycles. The highest BCUT2D eigenvalue weighted by molar-refractivity contribution is 5.10. The van der Waals surface area contributed by atoms with Crippen LogP contribution in [0.1, 0.15) is 65.7 Å². The van der Waals surface area contributed by atoms with Crippen molar-refractivity contribution >= 4 is 6.79 Å². The van der Waals surface area contributed by atoms with Crippen molar-refractivity contribution in [2.45, 2.75) is 71.8 Å². The number of hydrogen-bond donors (Lipinski definition) is 1. The topological polar surface area (TPSA) is 29.1 Å². The predicted molar refractivity (Wildman–Crippen MR) is 68.3 cm³/mol. The van der Waals surface area contributed by atoms with Crippen LogP contribution in [0, 0.1) is 0 Å². The summed E-state index contributed by atoms with van der Waals surface area (Å²) in [5.41, 5.74) is 0. The first-order valence-electron chi connectivity index (χ1n) is 6.45. The Hall–Kier alpha value is -0.370. The van der Waals surface area contributed by atoms with Crippen LogP contribution in [0.3, 0.4) is 0 Å². The van der Waals surface area contributed by atoms with E-state index in [0.717, 1.165) is 6.04 Å². The van der Waals surface area contributed by atoms with E-state index in [4.69, 9.17) is 4.79 Å². The molecule has 15 heavy (non-hydrogen) atoms. The van der Waals surface area contributed by atoms with Crippen molar-refractivity contribution in [1.82, 2.24) is 5.32 Å². The van der Waals surface area contributed by atoms with Gasteiger partial charge in [-0.15, -0.1) is 0 Å². The Morgan fingerprint density at radius 2 is 1.67 bits per heavy atom. The second-order valence-corrected chi connectivity index (χ2v) is 3.64. The van der Waals surface area contributed by atoms with Crippen LogP contribution in [0.15, 0.2) is 0 Å². The molecule has 0 aromatic rings. The van der Waals surface area contributed by atoms with Gasteiger partial charge in [0.1, 0.15) is 6.79 Å². The SMILES string of the molecule is C=O.CC.CCCCNC1CCCCC1. The van der Waals surface area contributed by atoms with Gasteiger partial charge in [-0.25, -0.2) is 0 Å². The van der Waals surface area contributed by atoms with Crippen LogP contribution in [-0.4, -0.2) is 19.4 Å². The summed E-state index contributed by atoms with van der Waals surface area (Å²) in [6, 6.07) is 0.857. The Bertz CT molecular complexity index is 101. The molecule has 0 spiro atoms. The van der Waals surface area contributed by atoms with Crippen molar-refractivity contribution < 1.29 is 4.79 Å². The summed E-state index contributed by atoms with van der Waals surface area (Å²) in [5.74, 6) is 0. The van der Waals surface area contributed by atoms with E-state index in [1.807, 2.05) is 20.6 Å². The van der Waals surface area contributed by atoms with E-state index >= 15 is 0 Å². The van der Waals surface area contributed by atoms with Gasteiger partial charge < -0.3 is 10.1 Å². The van der Waals surface area contributed by atoms with Crippen molar-refractivity contribution in [2.24, 2.45) is 0 Å². The lowest BCUT2D eigenvalue weighted by atomic mass is 9.95. The van der Waals surface area contributed by atoms with Crippen molar-refractivity contribution in [1.29, 1.82) is 0 Å². The molecule has 0 unspecified atom stereocenters. The lowest BCUT2D eigenvalue weighted by Gasteiger charge is -2.22. The van der Waals surface area contributed by atoms with Crippen LogP contribution in [0.5, 0.6) is 0 Å². The van der Waals surface area contributed by atoms with Gasteiger partial charge in [-0.2, -0.15) is 0 Å². The summed E-state index contributed by atoms with van der Waals surface area (Å²) in [6.07, 6.45) is 9.86. The summed E-state index contributed by atoms with van der Waals surface area (Å²) < 4.78 is 0. The quantitative estimate of drug-likeness (QED) is 0.727. The molecule has 1 aliphatic rings. The van der Waals surface area contributed by atoms with Crippen LogP contribution in [0.25, 0.3) is 0 Å². The van der Waals surface area contributed by atoms with Crippen molar-refractivity contribution in [3.05, 3.63) is 0 Å². The molecule has 1 N–H and O–H groups in total. The van der Waals surface area contributed by atoms with E-state index in [2.05, 4.69) is 12.2 Å². The molecule has 0 heterocycles. The van der Waals surface area contributed by atoms with E-state index in [9.17, 15) is 0 Å². The van der Waals surface area contributed by atoms with Gasteiger partial charge in [-0.3, -0.25) is 0 Å². The Balaban J connectivity index is 0. The normalized spacial score (nSPS) is 15.7. The fourth-order valence-electron chi connectivity index (χ4n) is 1.79. The van der Waals surface area contributed by atoms with Gasteiger partial charge >= 0.3 is 0 Å². The molecule has 1 fully saturated rings. The van der Waals surface area contributed by atoms with Crippen LogP contribution < -0.4 is 5.32 Å². The smallest absolute Gasteiger partial charge is 0.106 e. The monoisotopic (exact) mass is 215 g/mol. The highest BCUT2D eigenvalue weighted by atomic mass is 16.1. The number of rotatable bonds is 4. The molecule has 0 bridgehead atoms. The third kappa shape index (κ3) is 11.6. The summed E-state index contributed by atoms with van der Waals surface area (Å²) in [5, 5.41) is 3.62. The van der Waals surface area contributed by atoms with Gasteiger partial charge in [-0.05, 0) is 25.8 Å². The van der Waals surface area contributed by atoms with Gasteiger partial charge in [0.15, 0.2) is 0 Å². The molecule has 1 saturated carbocycles. The van der Waals surface area contributed by atoms with Gasteiger partial charge in [0.25, 0.3) is 0 Å². The molecular weight excluding hydrogens is 186 g/mol. The highest BCUT2D eigenvalue weighted by Crippen LogP contribution is 2.17. The zero-order chi connectivity index (χ0) is 11.9. The molecule has 1 aliphatic carbocycles. The van der Waals surface area contributed by atoms with Crippen LogP contribution in [-0.2, 0) is 4.79 Å². The maximum Gasteiger partial charge on any atom is 0.106 e.